The Labute approximate surface area is 180 Å². The summed E-state index contributed by atoms with van der Waals surface area (Å²) in [7, 11) is 0. The van der Waals surface area contributed by atoms with Gasteiger partial charge in [-0.2, -0.15) is 0 Å². The highest BCUT2D eigenvalue weighted by molar-refractivity contribution is 5.81. The van der Waals surface area contributed by atoms with Crippen LogP contribution in [0.25, 0.3) is 22.5 Å². The van der Waals surface area contributed by atoms with Crippen LogP contribution in [-0.2, 0) is 0 Å². The normalized spacial score (nSPS) is 10.6. The van der Waals surface area contributed by atoms with Crippen molar-refractivity contribution in [3.63, 3.8) is 0 Å². The molecular weight excluding hydrogens is 384 g/mol. The average Bonchev–Trinajstić information content (AvgIpc) is 2.86. The van der Waals surface area contributed by atoms with Crippen LogP contribution in [0.3, 0.4) is 0 Å². The highest BCUT2D eigenvalue weighted by Crippen LogP contribution is 2.37. The summed E-state index contributed by atoms with van der Waals surface area (Å²) in [6, 6.07) is 20.5. The van der Waals surface area contributed by atoms with Gasteiger partial charge in [0.25, 0.3) is 0 Å². The molecule has 148 valence electrons. The molecule has 0 saturated heterocycles. The molecule has 3 heterocycles. The molecule has 0 aliphatic rings. The van der Waals surface area contributed by atoms with Crippen molar-refractivity contribution in [3.8, 4) is 22.5 Å². The van der Waals surface area contributed by atoms with Crippen LogP contribution in [0.2, 0.25) is 0 Å². The Morgan fingerprint density at radius 2 is 1.03 bits per heavy atom. The van der Waals surface area contributed by atoms with Gasteiger partial charge in [-0.1, -0.05) is 24.3 Å². The topological polar surface area (TPSA) is 67.7 Å². The van der Waals surface area contributed by atoms with Crippen molar-refractivity contribution in [2.24, 2.45) is 0 Å². The minimum Gasteiger partial charge on any atom is -0.310 e. The minimum atomic E-state index is 0.826. The fourth-order valence-corrected chi connectivity index (χ4v) is 3.45. The molecular formula is C25H18N6. The van der Waals surface area contributed by atoms with Gasteiger partial charge >= 0.3 is 0 Å². The Kier molecular flexibility index (Phi) is 5.10. The zero-order valence-corrected chi connectivity index (χ0v) is 16.6. The maximum absolute atomic E-state index is 4.44. The third-order valence-electron chi connectivity index (χ3n) is 4.85. The molecule has 0 radical (unpaired) electrons. The van der Waals surface area contributed by atoms with Gasteiger partial charge in [-0.25, -0.2) is 0 Å². The van der Waals surface area contributed by atoms with E-state index in [0.29, 0.717) is 0 Å². The van der Waals surface area contributed by atoms with E-state index in [-0.39, 0.29) is 0 Å². The first-order chi connectivity index (χ1) is 15.4. The molecule has 6 heteroatoms. The molecule has 5 rings (SSSR count). The molecule has 0 N–H and O–H groups in total. The quantitative estimate of drug-likeness (QED) is 0.389. The predicted molar refractivity (Wildman–Crippen MR) is 121 cm³/mol. The van der Waals surface area contributed by atoms with Gasteiger partial charge in [0.2, 0.25) is 0 Å². The van der Waals surface area contributed by atoms with Crippen molar-refractivity contribution >= 4 is 17.1 Å². The zero-order valence-electron chi connectivity index (χ0n) is 16.6. The SMILES string of the molecule is c1cc(-c2cnccn2)cc(N(c2ccncc2)c2cccc(-c3cnccn3)c2)c1. The second kappa shape index (κ2) is 8.51. The summed E-state index contributed by atoms with van der Waals surface area (Å²) in [4.78, 5) is 23.6. The summed E-state index contributed by atoms with van der Waals surface area (Å²) < 4.78 is 0. The van der Waals surface area contributed by atoms with Crippen LogP contribution in [0.5, 0.6) is 0 Å². The summed E-state index contributed by atoms with van der Waals surface area (Å²) in [6.45, 7) is 0. The number of aromatic nitrogens is 5. The van der Waals surface area contributed by atoms with Crippen LogP contribution in [0, 0.1) is 0 Å². The molecule has 2 aromatic carbocycles. The van der Waals surface area contributed by atoms with Crippen LogP contribution in [0.1, 0.15) is 0 Å². The van der Waals surface area contributed by atoms with Gasteiger partial charge in [0.15, 0.2) is 0 Å². The van der Waals surface area contributed by atoms with Gasteiger partial charge in [-0.15, -0.1) is 0 Å². The number of nitrogens with zero attached hydrogens (tertiary/aromatic N) is 6. The molecule has 0 saturated carbocycles. The maximum Gasteiger partial charge on any atom is 0.0885 e. The molecule has 0 unspecified atom stereocenters. The Hall–Kier alpha value is -4.45. The maximum atomic E-state index is 4.44. The number of hydrogen-bond acceptors (Lipinski definition) is 6. The van der Waals surface area contributed by atoms with Gasteiger partial charge in [-0.05, 0) is 36.4 Å². The second-order valence-electron chi connectivity index (χ2n) is 6.82. The summed E-state index contributed by atoms with van der Waals surface area (Å²) in [6.07, 6.45) is 13.9. The van der Waals surface area contributed by atoms with Crippen LogP contribution >= 0.6 is 0 Å². The molecule has 0 bridgehead atoms. The van der Waals surface area contributed by atoms with E-state index in [1.54, 1.807) is 49.6 Å². The van der Waals surface area contributed by atoms with Crippen molar-refractivity contribution < 1.29 is 0 Å². The lowest BCUT2D eigenvalue weighted by atomic mass is 10.1. The molecule has 6 nitrogen and oxygen atoms in total. The Balaban J connectivity index is 1.63. The third-order valence-corrected chi connectivity index (χ3v) is 4.85. The van der Waals surface area contributed by atoms with Gasteiger partial charge < -0.3 is 4.90 Å². The minimum absolute atomic E-state index is 0.826. The number of benzene rings is 2. The monoisotopic (exact) mass is 402 g/mol. The third kappa shape index (κ3) is 4.00. The standard InChI is InChI=1S/C25H18N6/c1-3-19(24-17-27-11-13-29-24)15-22(5-1)31(21-7-9-26-10-8-21)23-6-2-4-20(16-23)25-18-28-12-14-30-25/h1-18H. The highest BCUT2D eigenvalue weighted by Gasteiger charge is 2.14. The van der Waals surface area contributed by atoms with Crippen LogP contribution in [0.15, 0.2) is 110 Å². The van der Waals surface area contributed by atoms with Crippen LogP contribution < -0.4 is 4.90 Å². The summed E-state index contributed by atoms with van der Waals surface area (Å²) in [5.74, 6) is 0. The van der Waals surface area contributed by atoms with E-state index < -0.39 is 0 Å². The molecule has 31 heavy (non-hydrogen) atoms. The molecule has 0 atom stereocenters. The van der Waals surface area contributed by atoms with E-state index in [0.717, 1.165) is 39.6 Å². The first-order valence-corrected chi connectivity index (χ1v) is 9.81. The summed E-state index contributed by atoms with van der Waals surface area (Å²) >= 11 is 0. The van der Waals surface area contributed by atoms with Crippen LogP contribution in [0.4, 0.5) is 17.1 Å². The Morgan fingerprint density at radius 1 is 0.484 bits per heavy atom. The molecule has 5 aromatic rings. The van der Waals surface area contributed by atoms with Gasteiger partial charge in [0.05, 0.1) is 23.8 Å². The predicted octanol–water partition coefficient (Wildman–Crippen LogP) is 5.47. The van der Waals surface area contributed by atoms with E-state index >= 15 is 0 Å². The van der Waals surface area contributed by atoms with E-state index in [1.165, 1.54) is 0 Å². The lowest BCUT2D eigenvalue weighted by molar-refractivity contribution is 1.20. The fraction of sp³-hybridized carbons (Fsp3) is 0. The molecule has 0 aliphatic carbocycles. The zero-order chi connectivity index (χ0) is 20.9. The van der Waals surface area contributed by atoms with E-state index in [4.69, 9.17) is 0 Å². The molecule has 3 aromatic heterocycles. The molecule has 0 spiro atoms. The average molecular weight is 402 g/mol. The molecule has 0 aliphatic heterocycles. The van der Waals surface area contributed by atoms with Crippen molar-refractivity contribution in [1.29, 1.82) is 0 Å². The Morgan fingerprint density at radius 3 is 1.52 bits per heavy atom. The Bertz CT molecular complexity index is 1190. The number of rotatable bonds is 5. The van der Waals surface area contributed by atoms with Crippen molar-refractivity contribution in [1.82, 2.24) is 24.9 Å². The van der Waals surface area contributed by atoms with Gasteiger partial charge in [0.1, 0.15) is 0 Å². The number of hydrogen-bond donors (Lipinski definition) is 0. The lowest BCUT2D eigenvalue weighted by Gasteiger charge is -2.26. The van der Waals surface area contributed by atoms with Crippen molar-refractivity contribution in [2.45, 2.75) is 0 Å². The van der Waals surface area contributed by atoms with E-state index in [2.05, 4.69) is 54.1 Å². The number of pyridine rings is 1. The summed E-state index contributed by atoms with van der Waals surface area (Å²) in [5, 5.41) is 0. The van der Waals surface area contributed by atoms with E-state index in [1.807, 2.05) is 36.4 Å². The van der Waals surface area contributed by atoms with Crippen LogP contribution in [-0.4, -0.2) is 24.9 Å². The first-order valence-electron chi connectivity index (χ1n) is 9.81. The first kappa shape index (κ1) is 18.6. The smallest absolute Gasteiger partial charge is 0.0885 e. The molecule has 0 fully saturated rings. The van der Waals surface area contributed by atoms with Crippen molar-refractivity contribution in [3.05, 3.63) is 110 Å². The largest absolute Gasteiger partial charge is 0.310 e. The van der Waals surface area contributed by atoms with Gasteiger partial charge in [0, 0.05) is 65.4 Å². The van der Waals surface area contributed by atoms with Gasteiger partial charge in [-0.3, -0.25) is 24.9 Å². The van der Waals surface area contributed by atoms with Crippen molar-refractivity contribution in [2.75, 3.05) is 4.90 Å². The second-order valence-corrected chi connectivity index (χ2v) is 6.82. The summed E-state index contributed by atoms with van der Waals surface area (Å²) in [5.41, 5.74) is 6.66. The lowest BCUT2D eigenvalue weighted by Crippen LogP contribution is -2.10. The van der Waals surface area contributed by atoms with E-state index in [9.17, 15) is 0 Å². The highest BCUT2D eigenvalue weighted by atomic mass is 15.1. The fourth-order valence-electron chi connectivity index (χ4n) is 3.45. The number of anilines is 3. The molecule has 0 amide bonds.